The quantitative estimate of drug-likeness (QED) is 0.328. The van der Waals surface area contributed by atoms with Crippen LogP contribution in [0.1, 0.15) is 0 Å². The summed E-state index contributed by atoms with van der Waals surface area (Å²) in [4.78, 5) is 9.06. The normalized spacial score (nSPS) is 11.6. The summed E-state index contributed by atoms with van der Waals surface area (Å²) in [6.45, 7) is 0. The third-order valence-corrected chi connectivity index (χ3v) is 6.09. The van der Waals surface area contributed by atoms with Crippen molar-refractivity contribution in [3.8, 4) is 22.3 Å². The molecular weight excluding hydrogens is 364 g/mol. The zero-order chi connectivity index (χ0) is 18.5. The van der Waals surface area contributed by atoms with E-state index in [0.29, 0.717) is 0 Å². The van der Waals surface area contributed by atoms with Gasteiger partial charge in [-0.3, -0.25) is 4.98 Å². The van der Waals surface area contributed by atoms with Crippen LogP contribution in [0.3, 0.4) is 0 Å². The van der Waals surface area contributed by atoms with Crippen LogP contribution in [0.25, 0.3) is 54.3 Å². The average Bonchev–Trinajstić information content (AvgIpc) is 3.42. The third kappa shape index (κ3) is 2.22. The molecule has 0 aliphatic heterocycles. The Hall–Kier alpha value is -3.50. The van der Waals surface area contributed by atoms with Crippen LogP contribution in [0, 0.1) is 0 Å². The highest BCUT2D eigenvalue weighted by molar-refractivity contribution is 7.17. The molecule has 0 amide bonds. The maximum absolute atomic E-state index is 5.88. The maximum Gasteiger partial charge on any atom is 0.182 e. The summed E-state index contributed by atoms with van der Waals surface area (Å²) in [6, 6.07) is 23.1. The average molecular weight is 378 g/mol. The Bertz CT molecular complexity index is 1470. The SMILES string of the molecule is c1cc(-c2ccc(-c3cccc4sccc34)c3ocnc23)c2cccnc2c1. The highest BCUT2D eigenvalue weighted by Gasteiger charge is 2.16. The molecule has 0 fully saturated rings. The van der Waals surface area contributed by atoms with Gasteiger partial charge in [0.2, 0.25) is 0 Å². The number of hydrogen-bond donors (Lipinski definition) is 0. The van der Waals surface area contributed by atoms with Crippen LogP contribution in [0.4, 0.5) is 0 Å². The smallest absolute Gasteiger partial charge is 0.182 e. The Labute approximate surface area is 164 Å². The van der Waals surface area contributed by atoms with E-state index in [-0.39, 0.29) is 0 Å². The van der Waals surface area contributed by atoms with Crippen LogP contribution in [0.15, 0.2) is 89.1 Å². The van der Waals surface area contributed by atoms with E-state index in [0.717, 1.165) is 38.7 Å². The van der Waals surface area contributed by atoms with E-state index in [9.17, 15) is 0 Å². The molecule has 0 spiro atoms. The lowest BCUT2D eigenvalue weighted by atomic mass is 9.95. The first-order chi connectivity index (χ1) is 13.9. The summed E-state index contributed by atoms with van der Waals surface area (Å²) >= 11 is 1.75. The van der Waals surface area contributed by atoms with Gasteiger partial charge >= 0.3 is 0 Å². The van der Waals surface area contributed by atoms with Gasteiger partial charge in [-0.1, -0.05) is 36.4 Å². The number of aromatic nitrogens is 2. The Morgan fingerprint density at radius 1 is 0.679 bits per heavy atom. The summed E-state index contributed by atoms with van der Waals surface area (Å²) in [5.74, 6) is 0. The summed E-state index contributed by atoms with van der Waals surface area (Å²) in [6.07, 6.45) is 3.36. The summed E-state index contributed by atoms with van der Waals surface area (Å²) in [7, 11) is 0. The number of rotatable bonds is 2. The lowest BCUT2D eigenvalue weighted by molar-refractivity contribution is 0.603. The summed E-state index contributed by atoms with van der Waals surface area (Å²) in [5, 5.41) is 4.48. The van der Waals surface area contributed by atoms with Gasteiger partial charge in [0.15, 0.2) is 12.0 Å². The molecule has 6 rings (SSSR count). The molecule has 0 bridgehead atoms. The first kappa shape index (κ1) is 15.5. The monoisotopic (exact) mass is 378 g/mol. The zero-order valence-electron chi connectivity index (χ0n) is 14.8. The Kier molecular flexibility index (Phi) is 3.34. The summed E-state index contributed by atoms with van der Waals surface area (Å²) < 4.78 is 7.15. The number of nitrogens with zero attached hydrogens (tertiary/aromatic N) is 2. The fraction of sp³-hybridized carbons (Fsp3) is 0. The molecule has 0 saturated carbocycles. The second-order valence-corrected chi connectivity index (χ2v) is 7.65. The van der Waals surface area contributed by atoms with Crippen molar-refractivity contribution in [3.63, 3.8) is 0 Å². The minimum atomic E-state index is 0.817. The van der Waals surface area contributed by atoms with Gasteiger partial charge in [-0.05, 0) is 46.8 Å². The van der Waals surface area contributed by atoms with Gasteiger partial charge in [0.25, 0.3) is 0 Å². The molecule has 3 aromatic heterocycles. The molecule has 0 saturated heterocycles. The summed E-state index contributed by atoms with van der Waals surface area (Å²) in [5.41, 5.74) is 7.08. The van der Waals surface area contributed by atoms with E-state index in [1.165, 1.54) is 22.0 Å². The van der Waals surface area contributed by atoms with E-state index < -0.39 is 0 Å². The Morgan fingerprint density at radius 2 is 1.54 bits per heavy atom. The number of thiophene rings is 1. The number of fused-ring (bicyclic) bond motifs is 3. The van der Waals surface area contributed by atoms with E-state index in [1.54, 1.807) is 11.3 Å². The minimum Gasteiger partial charge on any atom is -0.443 e. The van der Waals surface area contributed by atoms with E-state index in [1.807, 2.05) is 24.4 Å². The van der Waals surface area contributed by atoms with Gasteiger partial charge in [-0.2, -0.15) is 0 Å². The topological polar surface area (TPSA) is 38.9 Å². The number of hydrogen-bond acceptors (Lipinski definition) is 4. The maximum atomic E-state index is 5.88. The molecule has 28 heavy (non-hydrogen) atoms. The predicted molar refractivity (Wildman–Crippen MR) is 116 cm³/mol. The van der Waals surface area contributed by atoms with Crippen LogP contribution in [0.5, 0.6) is 0 Å². The first-order valence-electron chi connectivity index (χ1n) is 9.07. The number of pyridine rings is 1. The minimum absolute atomic E-state index is 0.817. The van der Waals surface area contributed by atoms with Crippen molar-refractivity contribution in [2.45, 2.75) is 0 Å². The van der Waals surface area contributed by atoms with Crippen molar-refractivity contribution in [2.24, 2.45) is 0 Å². The largest absolute Gasteiger partial charge is 0.443 e. The molecule has 3 aromatic carbocycles. The van der Waals surface area contributed by atoms with E-state index in [4.69, 9.17) is 4.42 Å². The van der Waals surface area contributed by atoms with Gasteiger partial charge in [-0.25, -0.2) is 4.98 Å². The highest BCUT2D eigenvalue weighted by atomic mass is 32.1. The van der Waals surface area contributed by atoms with E-state index >= 15 is 0 Å². The molecule has 0 aliphatic carbocycles. The third-order valence-electron chi connectivity index (χ3n) is 5.21. The molecule has 4 heteroatoms. The van der Waals surface area contributed by atoms with Crippen molar-refractivity contribution < 1.29 is 4.42 Å². The van der Waals surface area contributed by atoms with Crippen molar-refractivity contribution in [3.05, 3.63) is 84.7 Å². The molecule has 3 heterocycles. The fourth-order valence-corrected chi connectivity index (χ4v) is 4.76. The van der Waals surface area contributed by atoms with E-state index in [2.05, 4.69) is 63.9 Å². The molecule has 0 radical (unpaired) electrons. The second-order valence-electron chi connectivity index (χ2n) is 6.70. The second kappa shape index (κ2) is 6.01. The van der Waals surface area contributed by atoms with Gasteiger partial charge in [-0.15, -0.1) is 11.3 Å². The molecule has 0 unspecified atom stereocenters. The van der Waals surface area contributed by atoms with Crippen LogP contribution >= 0.6 is 11.3 Å². The van der Waals surface area contributed by atoms with Crippen molar-refractivity contribution in [1.29, 1.82) is 0 Å². The van der Waals surface area contributed by atoms with Crippen molar-refractivity contribution in [2.75, 3.05) is 0 Å². The predicted octanol–water partition coefficient (Wildman–Crippen LogP) is 6.92. The highest BCUT2D eigenvalue weighted by Crippen LogP contribution is 2.40. The van der Waals surface area contributed by atoms with Gasteiger partial charge in [0.1, 0.15) is 5.52 Å². The standard InChI is InChI=1S/C24H14N2OS/c1-4-15(17-6-3-12-25-21(17)7-1)19-9-10-20(24-23(19)26-14-27-24)16-5-2-8-22-18(16)11-13-28-22/h1-14H. The molecule has 0 atom stereocenters. The van der Waals surface area contributed by atoms with Gasteiger partial charge in [0, 0.05) is 32.8 Å². The zero-order valence-corrected chi connectivity index (χ0v) is 15.6. The Morgan fingerprint density at radius 3 is 2.50 bits per heavy atom. The molecule has 6 aromatic rings. The van der Waals surface area contributed by atoms with Crippen LogP contribution in [0.2, 0.25) is 0 Å². The van der Waals surface area contributed by atoms with Crippen LogP contribution in [-0.4, -0.2) is 9.97 Å². The molecule has 0 aliphatic rings. The van der Waals surface area contributed by atoms with Crippen molar-refractivity contribution in [1.82, 2.24) is 9.97 Å². The molecular formula is C24H14N2OS. The first-order valence-corrected chi connectivity index (χ1v) is 9.95. The lowest BCUT2D eigenvalue weighted by Crippen LogP contribution is -1.87. The fourth-order valence-electron chi connectivity index (χ4n) is 3.95. The Balaban J connectivity index is 1.65. The number of benzene rings is 3. The van der Waals surface area contributed by atoms with Gasteiger partial charge < -0.3 is 4.42 Å². The van der Waals surface area contributed by atoms with Gasteiger partial charge in [0.05, 0.1) is 5.52 Å². The molecule has 132 valence electrons. The molecule has 0 N–H and O–H groups in total. The van der Waals surface area contributed by atoms with Crippen LogP contribution in [-0.2, 0) is 0 Å². The molecule has 3 nitrogen and oxygen atoms in total. The number of oxazole rings is 1. The van der Waals surface area contributed by atoms with Crippen molar-refractivity contribution >= 4 is 43.4 Å². The van der Waals surface area contributed by atoms with Crippen LogP contribution < -0.4 is 0 Å². The lowest BCUT2D eigenvalue weighted by Gasteiger charge is -2.10.